The Hall–Kier alpha value is -3.86. The Labute approximate surface area is 241 Å². The molecule has 4 aromatic rings. The smallest absolute Gasteiger partial charge is 0.243 e. The highest BCUT2D eigenvalue weighted by atomic mass is 32.2. The van der Waals surface area contributed by atoms with Crippen LogP contribution in [0.1, 0.15) is 31.0 Å². The summed E-state index contributed by atoms with van der Waals surface area (Å²) in [7, 11) is -0.760. The van der Waals surface area contributed by atoms with E-state index in [2.05, 4.69) is 0 Å². The zero-order chi connectivity index (χ0) is 28.8. The van der Waals surface area contributed by atoms with Gasteiger partial charge in [0.2, 0.25) is 15.9 Å². The third-order valence-corrected chi connectivity index (χ3v) is 8.90. The number of hydrogen-bond donors (Lipinski definition) is 0. The summed E-state index contributed by atoms with van der Waals surface area (Å²) >= 11 is 0. The van der Waals surface area contributed by atoms with Gasteiger partial charge in [-0.1, -0.05) is 31.2 Å². The van der Waals surface area contributed by atoms with Gasteiger partial charge >= 0.3 is 0 Å². The zero-order valence-electron chi connectivity index (χ0n) is 23.5. The fourth-order valence-corrected chi connectivity index (χ4v) is 6.32. The highest BCUT2D eigenvalue weighted by Crippen LogP contribution is 2.35. The van der Waals surface area contributed by atoms with Crippen molar-refractivity contribution < 1.29 is 27.4 Å². The van der Waals surface area contributed by atoms with E-state index >= 15 is 0 Å². The summed E-state index contributed by atoms with van der Waals surface area (Å²) in [6, 6.07) is 23.4. The minimum absolute atomic E-state index is 0.0591. The number of aromatic nitrogens is 2. The molecule has 5 rings (SSSR count). The molecule has 1 fully saturated rings. The molecular formula is C31H35N3O6S. The number of aryl methyl sites for hydroxylation is 1. The lowest BCUT2D eigenvalue weighted by atomic mass is 10.2. The summed E-state index contributed by atoms with van der Waals surface area (Å²) in [4.78, 5) is 0.181. The van der Waals surface area contributed by atoms with E-state index in [1.807, 2.05) is 55.5 Å². The average molecular weight is 578 g/mol. The Morgan fingerprint density at radius 3 is 2.34 bits per heavy atom. The monoisotopic (exact) mass is 577 g/mol. The van der Waals surface area contributed by atoms with E-state index in [0.717, 1.165) is 24.2 Å². The van der Waals surface area contributed by atoms with Crippen LogP contribution >= 0.6 is 0 Å². The van der Waals surface area contributed by atoms with Gasteiger partial charge < -0.3 is 18.9 Å². The molecule has 0 unspecified atom stereocenters. The molecule has 0 aliphatic carbocycles. The van der Waals surface area contributed by atoms with Crippen LogP contribution < -0.4 is 14.2 Å². The maximum atomic E-state index is 14.1. The van der Waals surface area contributed by atoms with Crippen molar-refractivity contribution in [2.75, 3.05) is 27.4 Å². The van der Waals surface area contributed by atoms with Gasteiger partial charge in [-0.15, -0.1) is 0 Å². The first-order valence-corrected chi connectivity index (χ1v) is 15.1. The van der Waals surface area contributed by atoms with Crippen molar-refractivity contribution in [3.8, 4) is 28.8 Å². The molecule has 1 atom stereocenters. The summed E-state index contributed by atoms with van der Waals surface area (Å²) in [6.45, 7) is 2.90. The lowest BCUT2D eigenvalue weighted by Crippen LogP contribution is -2.37. The van der Waals surface area contributed by atoms with Crippen LogP contribution in [0.25, 0.3) is 5.69 Å². The Morgan fingerprint density at radius 1 is 0.951 bits per heavy atom. The third kappa shape index (κ3) is 6.40. The lowest BCUT2D eigenvalue weighted by Gasteiger charge is -2.25. The molecule has 216 valence electrons. The lowest BCUT2D eigenvalue weighted by molar-refractivity contribution is 0.0924. The average Bonchev–Trinajstić information content (AvgIpc) is 3.65. The van der Waals surface area contributed by atoms with Crippen molar-refractivity contribution in [3.63, 3.8) is 0 Å². The highest BCUT2D eigenvalue weighted by molar-refractivity contribution is 7.89. The van der Waals surface area contributed by atoms with Crippen molar-refractivity contribution in [1.29, 1.82) is 0 Å². The predicted molar refractivity (Wildman–Crippen MR) is 156 cm³/mol. The Bertz CT molecular complexity index is 1550. The first-order valence-electron chi connectivity index (χ1n) is 13.7. The molecule has 1 saturated heterocycles. The van der Waals surface area contributed by atoms with Gasteiger partial charge in [0, 0.05) is 25.8 Å². The Balaban J connectivity index is 1.61. The van der Waals surface area contributed by atoms with Crippen LogP contribution in [0, 0.1) is 0 Å². The second kappa shape index (κ2) is 12.8. The molecule has 0 amide bonds. The van der Waals surface area contributed by atoms with Crippen LogP contribution in [0.4, 0.5) is 0 Å². The second-order valence-corrected chi connectivity index (χ2v) is 11.7. The van der Waals surface area contributed by atoms with E-state index < -0.39 is 10.0 Å². The fraction of sp³-hybridized carbons (Fsp3) is 0.323. The van der Waals surface area contributed by atoms with Crippen molar-refractivity contribution >= 4 is 10.0 Å². The summed E-state index contributed by atoms with van der Waals surface area (Å²) in [5, 5.41) is 4.89. The SMILES string of the molecule is CCc1nn(-c2ccccc2)c(Oc2cccc(OC)c2)c1CN(C[C@@H]1CCCO1)S(=O)(=O)c1ccc(OC)cc1. The minimum atomic E-state index is -3.91. The summed E-state index contributed by atoms with van der Waals surface area (Å²) in [5.41, 5.74) is 2.23. The second-order valence-electron chi connectivity index (χ2n) is 9.72. The Morgan fingerprint density at radius 2 is 1.68 bits per heavy atom. The van der Waals surface area contributed by atoms with Gasteiger partial charge in [0.15, 0.2) is 0 Å². The van der Waals surface area contributed by atoms with Crippen LogP contribution in [-0.4, -0.2) is 56.0 Å². The molecule has 3 aromatic carbocycles. The van der Waals surface area contributed by atoms with Gasteiger partial charge in [-0.25, -0.2) is 13.1 Å². The maximum Gasteiger partial charge on any atom is 0.243 e. The van der Waals surface area contributed by atoms with E-state index in [0.29, 0.717) is 41.7 Å². The molecule has 2 heterocycles. The molecule has 1 aliphatic heterocycles. The summed E-state index contributed by atoms with van der Waals surface area (Å²) in [5.74, 6) is 2.23. The molecule has 0 spiro atoms. The van der Waals surface area contributed by atoms with Gasteiger partial charge in [-0.2, -0.15) is 9.40 Å². The van der Waals surface area contributed by atoms with Gasteiger partial charge in [0.25, 0.3) is 0 Å². The van der Waals surface area contributed by atoms with E-state index in [1.165, 1.54) is 4.31 Å². The summed E-state index contributed by atoms with van der Waals surface area (Å²) < 4.78 is 54.4. The topological polar surface area (TPSA) is 92.1 Å². The number of benzene rings is 3. The van der Waals surface area contributed by atoms with E-state index in [4.69, 9.17) is 24.0 Å². The first-order chi connectivity index (χ1) is 19.9. The van der Waals surface area contributed by atoms with Crippen molar-refractivity contribution in [2.45, 2.75) is 43.7 Å². The van der Waals surface area contributed by atoms with Crippen LogP contribution in [0.15, 0.2) is 83.8 Å². The molecular weight excluding hydrogens is 542 g/mol. The molecule has 0 bridgehead atoms. The quantitative estimate of drug-likeness (QED) is 0.216. The summed E-state index contributed by atoms with van der Waals surface area (Å²) in [6.07, 6.45) is 2.09. The predicted octanol–water partition coefficient (Wildman–Crippen LogP) is 5.61. The van der Waals surface area contributed by atoms with Crippen LogP contribution in [0.3, 0.4) is 0 Å². The molecule has 1 aromatic heterocycles. The fourth-order valence-electron chi connectivity index (χ4n) is 4.88. The highest BCUT2D eigenvalue weighted by Gasteiger charge is 2.32. The van der Waals surface area contributed by atoms with E-state index in [1.54, 1.807) is 49.2 Å². The van der Waals surface area contributed by atoms with Crippen molar-refractivity contribution in [1.82, 2.24) is 14.1 Å². The number of rotatable bonds is 12. The number of hydrogen-bond acceptors (Lipinski definition) is 7. The van der Waals surface area contributed by atoms with Gasteiger partial charge in [-0.05, 0) is 67.8 Å². The van der Waals surface area contributed by atoms with Crippen molar-refractivity contribution in [2.24, 2.45) is 0 Å². The van der Waals surface area contributed by atoms with Crippen LogP contribution in [0.2, 0.25) is 0 Å². The maximum absolute atomic E-state index is 14.1. The molecule has 41 heavy (non-hydrogen) atoms. The van der Waals surface area contributed by atoms with Gasteiger partial charge in [0.1, 0.15) is 17.2 Å². The minimum Gasteiger partial charge on any atom is -0.497 e. The zero-order valence-corrected chi connectivity index (χ0v) is 24.3. The van der Waals surface area contributed by atoms with Crippen molar-refractivity contribution in [3.05, 3.63) is 90.1 Å². The Kier molecular flexibility index (Phi) is 8.92. The molecule has 0 saturated carbocycles. The third-order valence-electron chi connectivity index (χ3n) is 7.07. The van der Waals surface area contributed by atoms with Crippen LogP contribution in [-0.2, 0) is 27.7 Å². The standard InChI is InChI=1S/C31H35N3O6S/c1-4-30-29(22-33(21-27-14-9-19-39-27)41(35,36)28-17-15-24(37-2)16-18-28)31(34(32-30)23-10-6-5-7-11-23)40-26-13-8-12-25(20-26)38-3/h5-8,10-13,15-18,20,27H,4,9,14,19,21-22H2,1-3H3/t27-/m0/s1. The van der Waals surface area contributed by atoms with Gasteiger partial charge in [0.05, 0.1) is 42.2 Å². The van der Waals surface area contributed by atoms with Gasteiger partial charge in [-0.3, -0.25) is 0 Å². The molecule has 9 nitrogen and oxygen atoms in total. The number of methoxy groups -OCH3 is 2. The number of sulfonamides is 1. The normalized spacial score (nSPS) is 15.3. The largest absolute Gasteiger partial charge is 0.497 e. The molecule has 0 N–H and O–H groups in total. The number of nitrogens with zero attached hydrogens (tertiary/aromatic N) is 3. The molecule has 0 radical (unpaired) electrons. The first kappa shape index (κ1) is 28.7. The van der Waals surface area contributed by atoms with E-state index in [9.17, 15) is 8.42 Å². The van der Waals surface area contributed by atoms with Crippen LogP contribution in [0.5, 0.6) is 23.1 Å². The number of ether oxygens (including phenoxy) is 4. The molecule has 1 aliphatic rings. The van der Waals surface area contributed by atoms with E-state index in [-0.39, 0.29) is 24.1 Å². The number of para-hydroxylation sites is 1. The molecule has 10 heteroatoms.